The Hall–Kier alpha value is -1.16. The van der Waals surface area contributed by atoms with Crippen LogP contribution in [0, 0.1) is 0 Å². The lowest BCUT2D eigenvalue weighted by Gasteiger charge is -2.11. The van der Waals surface area contributed by atoms with Gasteiger partial charge in [0.05, 0.1) is 5.39 Å². The van der Waals surface area contributed by atoms with Gasteiger partial charge in [-0.15, -0.1) is 11.3 Å². The van der Waals surface area contributed by atoms with E-state index in [1.165, 1.54) is 60.8 Å². The molecule has 4 rings (SSSR count). The van der Waals surface area contributed by atoms with E-state index in [0.717, 1.165) is 22.9 Å². The van der Waals surface area contributed by atoms with Crippen molar-refractivity contribution in [1.82, 2.24) is 9.97 Å². The van der Waals surface area contributed by atoms with Crippen molar-refractivity contribution in [2.24, 2.45) is 0 Å². The molecule has 4 heteroatoms. The van der Waals surface area contributed by atoms with Crippen LogP contribution in [-0.4, -0.2) is 9.97 Å². The summed E-state index contributed by atoms with van der Waals surface area (Å²) in [6.07, 6.45) is 10.0. The Morgan fingerprint density at radius 3 is 2.63 bits per heavy atom. The molecule has 0 amide bonds. The number of aryl methyl sites for hydroxylation is 2. The smallest absolute Gasteiger partial charge is 0.136 e. The molecule has 2 heterocycles. The normalized spacial score (nSPS) is 20.0. The van der Waals surface area contributed by atoms with Crippen molar-refractivity contribution in [2.45, 2.75) is 57.3 Å². The number of aromatic nitrogens is 2. The van der Waals surface area contributed by atoms with Crippen LogP contribution >= 0.6 is 11.3 Å². The number of nitrogens with two attached hydrogens (primary N) is 1. The molecule has 0 bridgehead atoms. The Balaban J connectivity index is 1.87. The molecule has 1 fully saturated rings. The molecular weight excluding hydrogens is 254 g/mol. The summed E-state index contributed by atoms with van der Waals surface area (Å²) >= 11 is 1.86. The van der Waals surface area contributed by atoms with Crippen molar-refractivity contribution in [2.75, 3.05) is 5.73 Å². The van der Waals surface area contributed by atoms with Crippen LogP contribution in [0.2, 0.25) is 0 Å². The molecule has 0 aromatic carbocycles. The van der Waals surface area contributed by atoms with Crippen molar-refractivity contribution in [3.05, 3.63) is 16.3 Å². The van der Waals surface area contributed by atoms with Gasteiger partial charge in [-0.25, -0.2) is 9.97 Å². The molecule has 2 aliphatic carbocycles. The highest BCUT2D eigenvalue weighted by atomic mass is 32.1. The SMILES string of the molecule is Nc1nc(C2CCCC2)nc2sc3c(c12)CCCC3. The van der Waals surface area contributed by atoms with E-state index >= 15 is 0 Å². The van der Waals surface area contributed by atoms with Gasteiger partial charge < -0.3 is 5.73 Å². The summed E-state index contributed by atoms with van der Waals surface area (Å²) in [5, 5.41) is 1.17. The summed E-state index contributed by atoms with van der Waals surface area (Å²) in [7, 11) is 0. The van der Waals surface area contributed by atoms with E-state index in [2.05, 4.69) is 4.98 Å². The number of nitrogens with zero attached hydrogens (tertiary/aromatic N) is 2. The monoisotopic (exact) mass is 273 g/mol. The fraction of sp³-hybridized carbons (Fsp3) is 0.600. The highest BCUT2D eigenvalue weighted by Crippen LogP contribution is 2.40. The summed E-state index contributed by atoms with van der Waals surface area (Å²) in [5.41, 5.74) is 7.69. The molecule has 1 saturated carbocycles. The van der Waals surface area contributed by atoms with Gasteiger partial charge in [-0.3, -0.25) is 0 Å². The zero-order chi connectivity index (χ0) is 12.8. The highest BCUT2D eigenvalue weighted by Gasteiger charge is 2.24. The van der Waals surface area contributed by atoms with Crippen LogP contribution < -0.4 is 5.73 Å². The zero-order valence-corrected chi connectivity index (χ0v) is 11.9. The second-order valence-electron chi connectivity index (χ2n) is 5.84. The van der Waals surface area contributed by atoms with Crippen molar-refractivity contribution in [3.63, 3.8) is 0 Å². The van der Waals surface area contributed by atoms with E-state index in [-0.39, 0.29) is 0 Å². The van der Waals surface area contributed by atoms with Crippen molar-refractivity contribution >= 4 is 27.4 Å². The van der Waals surface area contributed by atoms with Crippen LogP contribution in [0.3, 0.4) is 0 Å². The minimum Gasteiger partial charge on any atom is -0.383 e. The molecule has 0 unspecified atom stereocenters. The average molecular weight is 273 g/mol. The number of anilines is 1. The second kappa shape index (κ2) is 4.44. The van der Waals surface area contributed by atoms with E-state index in [1.54, 1.807) is 0 Å². The number of hydrogen-bond donors (Lipinski definition) is 1. The fourth-order valence-electron chi connectivity index (χ4n) is 3.57. The van der Waals surface area contributed by atoms with Crippen molar-refractivity contribution in [3.8, 4) is 0 Å². The lowest BCUT2D eigenvalue weighted by molar-refractivity contribution is 0.674. The summed E-state index contributed by atoms with van der Waals surface area (Å²) in [6.45, 7) is 0. The molecule has 0 aliphatic heterocycles. The van der Waals surface area contributed by atoms with Gasteiger partial charge in [-0.2, -0.15) is 0 Å². The van der Waals surface area contributed by atoms with E-state index in [4.69, 9.17) is 10.7 Å². The molecule has 0 spiro atoms. The first-order chi connectivity index (χ1) is 9.33. The number of thiophene rings is 1. The Kier molecular flexibility index (Phi) is 2.72. The van der Waals surface area contributed by atoms with Gasteiger partial charge in [-0.1, -0.05) is 12.8 Å². The fourth-order valence-corrected chi connectivity index (χ4v) is 4.85. The largest absolute Gasteiger partial charge is 0.383 e. The van der Waals surface area contributed by atoms with Crippen LogP contribution in [0.5, 0.6) is 0 Å². The molecule has 100 valence electrons. The van der Waals surface area contributed by atoms with E-state index in [1.807, 2.05) is 11.3 Å². The summed E-state index contributed by atoms with van der Waals surface area (Å²) in [4.78, 5) is 12.1. The second-order valence-corrected chi connectivity index (χ2v) is 6.92. The predicted molar refractivity (Wildman–Crippen MR) is 79.7 cm³/mol. The van der Waals surface area contributed by atoms with Crippen molar-refractivity contribution in [1.29, 1.82) is 0 Å². The number of hydrogen-bond acceptors (Lipinski definition) is 4. The van der Waals surface area contributed by atoms with Gasteiger partial charge in [0.1, 0.15) is 16.5 Å². The first-order valence-electron chi connectivity index (χ1n) is 7.40. The number of fused-ring (bicyclic) bond motifs is 3. The minimum absolute atomic E-state index is 0.547. The van der Waals surface area contributed by atoms with Gasteiger partial charge in [0.2, 0.25) is 0 Å². The van der Waals surface area contributed by atoms with Crippen LogP contribution in [0.4, 0.5) is 5.82 Å². The maximum atomic E-state index is 6.25. The zero-order valence-electron chi connectivity index (χ0n) is 11.1. The highest BCUT2D eigenvalue weighted by molar-refractivity contribution is 7.19. The Bertz CT molecular complexity index is 626. The molecule has 0 atom stereocenters. The molecule has 2 aromatic rings. The third-order valence-electron chi connectivity index (χ3n) is 4.58. The van der Waals surface area contributed by atoms with Crippen LogP contribution in [0.25, 0.3) is 10.2 Å². The van der Waals surface area contributed by atoms with Gasteiger partial charge in [0.15, 0.2) is 0 Å². The molecule has 0 radical (unpaired) electrons. The Morgan fingerprint density at radius 1 is 1.00 bits per heavy atom. The number of nitrogen functional groups attached to an aromatic ring is 1. The molecule has 19 heavy (non-hydrogen) atoms. The minimum atomic E-state index is 0.547. The molecule has 2 aliphatic rings. The molecular formula is C15H19N3S. The summed E-state index contributed by atoms with van der Waals surface area (Å²) in [5.74, 6) is 2.28. The molecule has 0 saturated heterocycles. The van der Waals surface area contributed by atoms with E-state index in [0.29, 0.717) is 5.92 Å². The first kappa shape index (κ1) is 11.6. The third kappa shape index (κ3) is 1.84. The van der Waals surface area contributed by atoms with Crippen LogP contribution in [-0.2, 0) is 12.8 Å². The van der Waals surface area contributed by atoms with Gasteiger partial charge in [0.25, 0.3) is 0 Å². The topological polar surface area (TPSA) is 51.8 Å². The lowest BCUT2D eigenvalue weighted by atomic mass is 9.97. The van der Waals surface area contributed by atoms with Gasteiger partial charge in [0, 0.05) is 10.8 Å². The molecule has 2 N–H and O–H groups in total. The summed E-state index contributed by atoms with van der Waals surface area (Å²) < 4.78 is 0. The molecule has 2 aromatic heterocycles. The number of rotatable bonds is 1. The molecule has 3 nitrogen and oxygen atoms in total. The Morgan fingerprint density at radius 2 is 1.79 bits per heavy atom. The van der Waals surface area contributed by atoms with Crippen molar-refractivity contribution < 1.29 is 0 Å². The first-order valence-corrected chi connectivity index (χ1v) is 8.22. The van der Waals surface area contributed by atoms with E-state index in [9.17, 15) is 0 Å². The standard InChI is InChI=1S/C15H19N3S/c16-13-12-10-7-3-4-8-11(10)19-15(12)18-14(17-13)9-5-1-2-6-9/h9H,1-8H2,(H2,16,17,18). The summed E-state index contributed by atoms with van der Waals surface area (Å²) in [6, 6.07) is 0. The van der Waals surface area contributed by atoms with E-state index < -0.39 is 0 Å². The maximum absolute atomic E-state index is 6.25. The predicted octanol–water partition coefficient (Wildman–Crippen LogP) is 3.81. The van der Waals surface area contributed by atoms with Crippen LogP contribution in [0.1, 0.15) is 60.7 Å². The maximum Gasteiger partial charge on any atom is 0.136 e. The average Bonchev–Trinajstić information content (AvgIpc) is 3.05. The van der Waals surface area contributed by atoms with Gasteiger partial charge >= 0.3 is 0 Å². The lowest BCUT2D eigenvalue weighted by Crippen LogP contribution is -2.05. The van der Waals surface area contributed by atoms with Crippen LogP contribution in [0.15, 0.2) is 0 Å². The quantitative estimate of drug-likeness (QED) is 0.859. The van der Waals surface area contributed by atoms with Gasteiger partial charge in [-0.05, 0) is 44.1 Å². The Labute approximate surface area is 117 Å². The third-order valence-corrected chi connectivity index (χ3v) is 5.77.